The van der Waals surface area contributed by atoms with Crippen molar-refractivity contribution in [2.45, 2.75) is 6.42 Å². The maximum absolute atomic E-state index is 11.9. The summed E-state index contributed by atoms with van der Waals surface area (Å²) in [4.78, 5) is 16.7. The number of carbonyl (C=O) groups is 1. The number of rotatable bonds is 1. The second-order valence-corrected chi connectivity index (χ2v) is 3.50. The number of halogens is 1. The van der Waals surface area contributed by atoms with Gasteiger partial charge in [-0.15, -0.1) is 12.4 Å². The highest BCUT2D eigenvalue weighted by molar-refractivity contribution is 5.94. The molecule has 1 fully saturated rings. The third-order valence-corrected chi connectivity index (χ3v) is 2.47. The van der Waals surface area contributed by atoms with Crippen molar-refractivity contribution in [1.82, 2.24) is 15.2 Å². The van der Waals surface area contributed by atoms with Crippen LogP contribution in [-0.2, 0) is 0 Å². The highest BCUT2D eigenvalue weighted by Gasteiger charge is 2.16. The predicted molar refractivity (Wildman–Crippen MR) is 61.4 cm³/mol. The van der Waals surface area contributed by atoms with Crippen LogP contribution >= 0.6 is 12.4 Å². The molecule has 1 aromatic heterocycles. The van der Waals surface area contributed by atoms with Gasteiger partial charge in [0.1, 0.15) is 0 Å². The molecular weight excluding hydrogens is 214 g/mol. The number of amides is 1. The largest absolute Gasteiger partial charge is 0.367 e. The minimum Gasteiger partial charge on any atom is -0.367 e. The van der Waals surface area contributed by atoms with E-state index in [0.29, 0.717) is 0 Å². The standard InChI is InChI=1S/C10H15N3O.ClH/c14-10(9-2-4-12-8-9)13-6-1-3-11-5-7-13;/h2,4,8,11-12H,1,3,5-7H2;1H. The van der Waals surface area contributed by atoms with E-state index in [1.807, 2.05) is 11.0 Å². The number of hydrogen-bond donors (Lipinski definition) is 2. The van der Waals surface area contributed by atoms with Gasteiger partial charge in [0.05, 0.1) is 5.56 Å². The number of aromatic amines is 1. The van der Waals surface area contributed by atoms with Crippen molar-refractivity contribution >= 4 is 18.3 Å². The number of nitrogens with zero attached hydrogens (tertiary/aromatic N) is 1. The van der Waals surface area contributed by atoms with Crippen molar-refractivity contribution in [3.63, 3.8) is 0 Å². The zero-order valence-corrected chi connectivity index (χ0v) is 9.35. The Morgan fingerprint density at radius 3 is 2.93 bits per heavy atom. The van der Waals surface area contributed by atoms with Gasteiger partial charge in [0.15, 0.2) is 0 Å². The average Bonchev–Trinajstić information content (AvgIpc) is 2.59. The molecule has 0 unspecified atom stereocenters. The summed E-state index contributed by atoms with van der Waals surface area (Å²) < 4.78 is 0. The molecule has 0 bridgehead atoms. The Labute approximate surface area is 95.4 Å². The van der Waals surface area contributed by atoms with Crippen LogP contribution in [0.1, 0.15) is 16.8 Å². The Morgan fingerprint density at radius 1 is 1.33 bits per heavy atom. The number of aromatic nitrogens is 1. The van der Waals surface area contributed by atoms with Crippen molar-refractivity contribution < 1.29 is 4.79 Å². The quantitative estimate of drug-likeness (QED) is 0.751. The van der Waals surface area contributed by atoms with Gasteiger partial charge in [-0.25, -0.2) is 0 Å². The van der Waals surface area contributed by atoms with Crippen LogP contribution in [0.15, 0.2) is 18.5 Å². The summed E-state index contributed by atoms with van der Waals surface area (Å²) in [5.41, 5.74) is 0.756. The Bertz CT molecular complexity index is 292. The first-order valence-electron chi connectivity index (χ1n) is 5.01. The van der Waals surface area contributed by atoms with E-state index in [2.05, 4.69) is 10.3 Å². The Kier molecular flexibility index (Phi) is 4.65. The molecule has 0 radical (unpaired) electrons. The molecule has 1 saturated heterocycles. The molecule has 1 aliphatic rings. The molecule has 2 N–H and O–H groups in total. The predicted octanol–water partition coefficient (Wildman–Crippen LogP) is 0.872. The fourth-order valence-electron chi connectivity index (χ4n) is 1.69. The molecule has 4 nitrogen and oxygen atoms in total. The second kappa shape index (κ2) is 5.78. The molecule has 0 aromatic carbocycles. The van der Waals surface area contributed by atoms with Gasteiger partial charge in [0.2, 0.25) is 0 Å². The summed E-state index contributed by atoms with van der Waals surface area (Å²) in [6.45, 7) is 3.58. The number of nitrogens with one attached hydrogen (secondary N) is 2. The normalized spacial score (nSPS) is 16.7. The molecule has 2 rings (SSSR count). The van der Waals surface area contributed by atoms with Crippen LogP contribution in [0.3, 0.4) is 0 Å². The molecule has 0 saturated carbocycles. The van der Waals surface area contributed by atoms with E-state index in [0.717, 1.165) is 38.2 Å². The Balaban J connectivity index is 0.00000112. The lowest BCUT2D eigenvalue weighted by Crippen LogP contribution is -2.33. The Morgan fingerprint density at radius 2 is 2.20 bits per heavy atom. The van der Waals surface area contributed by atoms with Crippen LogP contribution in [-0.4, -0.2) is 42.0 Å². The first-order chi connectivity index (χ1) is 6.88. The molecule has 2 heterocycles. The first kappa shape index (κ1) is 12.1. The monoisotopic (exact) mass is 229 g/mol. The summed E-state index contributed by atoms with van der Waals surface area (Å²) >= 11 is 0. The van der Waals surface area contributed by atoms with E-state index in [1.165, 1.54) is 0 Å². The molecule has 15 heavy (non-hydrogen) atoms. The molecule has 0 spiro atoms. The lowest BCUT2D eigenvalue weighted by molar-refractivity contribution is 0.0766. The summed E-state index contributed by atoms with van der Waals surface area (Å²) in [5, 5.41) is 3.28. The molecular formula is C10H16ClN3O. The van der Waals surface area contributed by atoms with Gasteiger partial charge in [-0.3, -0.25) is 4.79 Å². The lowest BCUT2D eigenvalue weighted by Gasteiger charge is -2.18. The molecule has 0 aliphatic carbocycles. The van der Waals surface area contributed by atoms with E-state index >= 15 is 0 Å². The summed E-state index contributed by atoms with van der Waals surface area (Å²) in [5.74, 6) is 0.134. The van der Waals surface area contributed by atoms with Crippen molar-refractivity contribution in [3.05, 3.63) is 24.0 Å². The van der Waals surface area contributed by atoms with E-state index < -0.39 is 0 Å². The van der Waals surface area contributed by atoms with E-state index in [4.69, 9.17) is 0 Å². The van der Waals surface area contributed by atoms with Gasteiger partial charge in [-0.05, 0) is 19.0 Å². The van der Waals surface area contributed by atoms with Crippen LogP contribution in [0.25, 0.3) is 0 Å². The topological polar surface area (TPSA) is 48.1 Å². The minimum atomic E-state index is 0. The number of carbonyl (C=O) groups excluding carboxylic acids is 1. The van der Waals surface area contributed by atoms with Gasteiger partial charge >= 0.3 is 0 Å². The van der Waals surface area contributed by atoms with Gasteiger partial charge in [-0.1, -0.05) is 0 Å². The maximum Gasteiger partial charge on any atom is 0.255 e. The van der Waals surface area contributed by atoms with Crippen molar-refractivity contribution in [3.8, 4) is 0 Å². The first-order valence-corrected chi connectivity index (χ1v) is 5.01. The SMILES string of the molecule is Cl.O=C(c1cc[nH]c1)N1CCCNCC1. The zero-order chi connectivity index (χ0) is 9.80. The van der Waals surface area contributed by atoms with Crippen LogP contribution in [0, 0.1) is 0 Å². The van der Waals surface area contributed by atoms with E-state index in [-0.39, 0.29) is 18.3 Å². The van der Waals surface area contributed by atoms with Crippen LogP contribution < -0.4 is 5.32 Å². The van der Waals surface area contributed by atoms with Gasteiger partial charge < -0.3 is 15.2 Å². The van der Waals surface area contributed by atoms with Gasteiger partial charge in [0.25, 0.3) is 5.91 Å². The molecule has 1 amide bonds. The minimum absolute atomic E-state index is 0. The third-order valence-electron chi connectivity index (χ3n) is 2.47. The van der Waals surface area contributed by atoms with Crippen molar-refractivity contribution in [2.24, 2.45) is 0 Å². The highest BCUT2D eigenvalue weighted by Crippen LogP contribution is 2.05. The summed E-state index contributed by atoms with van der Waals surface area (Å²) in [7, 11) is 0. The fraction of sp³-hybridized carbons (Fsp3) is 0.500. The van der Waals surface area contributed by atoms with E-state index in [9.17, 15) is 4.79 Å². The summed E-state index contributed by atoms with van der Waals surface area (Å²) in [6.07, 6.45) is 4.57. The molecule has 0 atom stereocenters. The van der Waals surface area contributed by atoms with Gasteiger partial charge in [-0.2, -0.15) is 0 Å². The van der Waals surface area contributed by atoms with Crippen LogP contribution in [0.2, 0.25) is 0 Å². The smallest absolute Gasteiger partial charge is 0.255 e. The van der Waals surface area contributed by atoms with Gasteiger partial charge in [0, 0.05) is 32.0 Å². The highest BCUT2D eigenvalue weighted by atomic mass is 35.5. The second-order valence-electron chi connectivity index (χ2n) is 3.50. The maximum atomic E-state index is 11.9. The third kappa shape index (κ3) is 2.97. The molecule has 5 heteroatoms. The number of hydrogen-bond acceptors (Lipinski definition) is 2. The van der Waals surface area contributed by atoms with E-state index in [1.54, 1.807) is 12.4 Å². The van der Waals surface area contributed by atoms with Crippen molar-refractivity contribution in [2.75, 3.05) is 26.2 Å². The van der Waals surface area contributed by atoms with Crippen molar-refractivity contribution in [1.29, 1.82) is 0 Å². The number of H-pyrrole nitrogens is 1. The average molecular weight is 230 g/mol. The lowest BCUT2D eigenvalue weighted by atomic mass is 10.3. The van der Waals surface area contributed by atoms with Crippen LogP contribution in [0.5, 0.6) is 0 Å². The molecule has 84 valence electrons. The Hall–Kier alpha value is -1.00. The molecule has 1 aromatic rings. The van der Waals surface area contributed by atoms with Crippen LogP contribution in [0.4, 0.5) is 0 Å². The fourth-order valence-corrected chi connectivity index (χ4v) is 1.69. The summed E-state index contributed by atoms with van der Waals surface area (Å²) in [6, 6.07) is 1.82. The zero-order valence-electron chi connectivity index (χ0n) is 8.53. The molecule has 1 aliphatic heterocycles.